The second-order valence-corrected chi connectivity index (χ2v) is 4.88. The molecule has 0 heterocycles. The number of benzene rings is 2. The fourth-order valence-corrected chi connectivity index (χ4v) is 2.14. The molecule has 0 unspecified atom stereocenters. The van der Waals surface area contributed by atoms with Crippen LogP contribution in [0.3, 0.4) is 0 Å². The Morgan fingerprint density at radius 3 is 2.16 bits per heavy atom. The smallest absolute Gasteiger partial charge is 0.166 e. The Hall–Kier alpha value is -1.46. The van der Waals surface area contributed by atoms with Crippen LogP contribution in [0.25, 0.3) is 10.8 Å². The number of aliphatic hydroxyl groups excluding tert-OH is 3. The van der Waals surface area contributed by atoms with Crippen molar-refractivity contribution < 1.29 is 20.6 Å². The minimum Gasteiger partial charge on any atom is -0.390 e. The van der Waals surface area contributed by atoms with Crippen LogP contribution in [0.1, 0.15) is 5.56 Å². The molecular formula is C15H20NO3+. The Kier molecular flexibility index (Phi) is 4.50. The van der Waals surface area contributed by atoms with E-state index in [1.807, 2.05) is 24.3 Å². The van der Waals surface area contributed by atoms with Gasteiger partial charge in [0.1, 0.15) is 26.4 Å². The van der Waals surface area contributed by atoms with Crippen molar-refractivity contribution in [3.63, 3.8) is 0 Å². The van der Waals surface area contributed by atoms with Crippen LogP contribution in [0.4, 0.5) is 0 Å². The predicted octanol–water partition coefficient (Wildman–Crippen LogP) is -0.381. The molecule has 4 nitrogen and oxygen atoms in total. The average molecular weight is 262 g/mol. The Morgan fingerprint density at radius 2 is 1.47 bits per heavy atom. The molecule has 2 aromatic rings. The Balaban J connectivity index is 2.22. The van der Waals surface area contributed by atoms with Crippen LogP contribution in [-0.2, 0) is 6.54 Å². The van der Waals surface area contributed by atoms with E-state index >= 15 is 0 Å². The van der Waals surface area contributed by atoms with Gasteiger partial charge in [0.2, 0.25) is 0 Å². The Bertz CT molecular complexity index is 524. The molecule has 0 aliphatic rings. The van der Waals surface area contributed by atoms with Gasteiger partial charge in [-0.2, -0.15) is 0 Å². The van der Waals surface area contributed by atoms with E-state index in [0.717, 1.165) is 16.3 Å². The molecule has 0 aliphatic heterocycles. The first-order valence-electron chi connectivity index (χ1n) is 6.38. The van der Waals surface area contributed by atoms with Crippen molar-refractivity contribution in [3.05, 3.63) is 48.0 Å². The van der Waals surface area contributed by atoms with Crippen LogP contribution in [0.2, 0.25) is 0 Å². The molecule has 19 heavy (non-hydrogen) atoms. The number of hydrogen-bond acceptors (Lipinski definition) is 3. The molecule has 2 rings (SSSR count). The van der Waals surface area contributed by atoms with Gasteiger partial charge < -0.3 is 20.6 Å². The van der Waals surface area contributed by atoms with Gasteiger partial charge in [0, 0.05) is 5.56 Å². The molecule has 0 aromatic heterocycles. The van der Waals surface area contributed by atoms with Crippen LogP contribution in [-0.4, -0.2) is 40.7 Å². The van der Waals surface area contributed by atoms with E-state index in [-0.39, 0.29) is 19.8 Å². The lowest BCUT2D eigenvalue weighted by atomic mass is 10.0. The summed E-state index contributed by atoms with van der Waals surface area (Å²) >= 11 is 0. The highest BCUT2D eigenvalue weighted by atomic mass is 16.3. The summed E-state index contributed by atoms with van der Waals surface area (Å²) in [7, 11) is 0. The van der Waals surface area contributed by atoms with Crippen molar-refractivity contribution in [1.29, 1.82) is 0 Å². The molecule has 0 aliphatic carbocycles. The molecule has 2 aromatic carbocycles. The highest BCUT2D eigenvalue weighted by Crippen LogP contribution is 2.17. The highest BCUT2D eigenvalue weighted by molar-refractivity contribution is 5.85. The molecule has 0 atom stereocenters. The maximum Gasteiger partial charge on any atom is 0.166 e. The van der Waals surface area contributed by atoms with E-state index in [2.05, 4.69) is 18.2 Å². The van der Waals surface area contributed by atoms with Gasteiger partial charge >= 0.3 is 0 Å². The second kappa shape index (κ2) is 6.12. The summed E-state index contributed by atoms with van der Waals surface area (Å²) < 4.78 is 0. The molecule has 0 bridgehead atoms. The number of rotatable bonds is 6. The van der Waals surface area contributed by atoms with E-state index in [0.29, 0.717) is 6.54 Å². The van der Waals surface area contributed by atoms with Gasteiger partial charge in [0.25, 0.3) is 0 Å². The first kappa shape index (κ1) is 14.0. The molecule has 0 spiro atoms. The maximum absolute atomic E-state index is 9.32. The van der Waals surface area contributed by atoms with Crippen LogP contribution in [0.15, 0.2) is 42.5 Å². The van der Waals surface area contributed by atoms with Crippen LogP contribution >= 0.6 is 0 Å². The normalized spacial score (nSPS) is 11.9. The lowest BCUT2D eigenvalue weighted by molar-refractivity contribution is -0.746. The third-order valence-electron chi connectivity index (χ3n) is 3.58. The van der Waals surface area contributed by atoms with Crippen molar-refractivity contribution in [2.75, 3.05) is 19.8 Å². The maximum atomic E-state index is 9.32. The topological polar surface area (TPSA) is 77.3 Å². The van der Waals surface area contributed by atoms with Gasteiger partial charge in [-0.25, -0.2) is 0 Å². The summed E-state index contributed by atoms with van der Waals surface area (Å²) in [6.45, 7) is -0.177. The predicted molar refractivity (Wildman–Crippen MR) is 73.6 cm³/mol. The standard InChI is InChI=1S/C15H19NO3/c17-9-15(10-18,11-19)16-8-13-6-3-5-12-4-1-2-7-14(12)13/h1-7,16-19H,8-11H2/p+1. The monoisotopic (exact) mass is 262 g/mol. The van der Waals surface area contributed by atoms with Crippen molar-refractivity contribution in [2.45, 2.75) is 12.1 Å². The number of aliphatic hydroxyl groups is 3. The molecule has 0 radical (unpaired) electrons. The Labute approximate surface area is 112 Å². The van der Waals surface area contributed by atoms with Gasteiger partial charge in [-0.1, -0.05) is 42.5 Å². The molecule has 102 valence electrons. The fourth-order valence-electron chi connectivity index (χ4n) is 2.14. The summed E-state index contributed by atoms with van der Waals surface area (Å²) in [6.07, 6.45) is 0. The fraction of sp³-hybridized carbons (Fsp3) is 0.333. The lowest BCUT2D eigenvalue weighted by Gasteiger charge is -2.25. The molecule has 4 heteroatoms. The molecule has 5 N–H and O–H groups in total. The summed E-state index contributed by atoms with van der Waals surface area (Å²) in [5.74, 6) is 0. The largest absolute Gasteiger partial charge is 0.390 e. The number of quaternary nitrogens is 1. The van der Waals surface area contributed by atoms with E-state index < -0.39 is 5.54 Å². The van der Waals surface area contributed by atoms with Crippen molar-refractivity contribution in [2.24, 2.45) is 0 Å². The van der Waals surface area contributed by atoms with Crippen molar-refractivity contribution in [3.8, 4) is 0 Å². The summed E-state index contributed by atoms with van der Waals surface area (Å²) in [4.78, 5) is 0. The first-order valence-corrected chi connectivity index (χ1v) is 6.38. The first-order chi connectivity index (χ1) is 9.24. The third-order valence-corrected chi connectivity index (χ3v) is 3.58. The molecule has 0 amide bonds. The zero-order valence-electron chi connectivity index (χ0n) is 10.8. The second-order valence-electron chi connectivity index (χ2n) is 4.88. The molecule has 0 saturated heterocycles. The van der Waals surface area contributed by atoms with Gasteiger partial charge in [-0.15, -0.1) is 0 Å². The van der Waals surface area contributed by atoms with Gasteiger partial charge in [0.05, 0.1) is 0 Å². The van der Waals surface area contributed by atoms with E-state index in [4.69, 9.17) is 0 Å². The van der Waals surface area contributed by atoms with Gasteiger partial charge in [0.15, 0.2) is 5.54 Å². The summed E-state index contributed by atoms with van der Waals surface area (Å²) in [5.41, 5.74) is 0.203. The van der Waals surface area contributed by atoms with Gasteiger partial charge in [-0.05, 0) is 10.8 Å². The highest BCUT2D eigenvalue weighted by Gasteiger charge is 2.31. The van der Waals surface area contributed by atoms with Crippen LogP contribution < -0.4 is 5.32 Å². The van der Waals surface area contributed by atoms with Crippen molar-refractivity contribution >= 4 is 10.8 Å². The third kappa shape index (κ3) is 2.93. The zero-order valence-corrected chi connectivity index (χ0v) is 10.8. The molecule has 0 saturated carbocycles. The summed E-state index contributed by atoms with van der Waals surface area (Å²) in [6, 6.07) is 14.2. The van der Waals surface area contributed by atoms with E-state index in [1.54, 1.807) is 5.32 Å². The van der Waals surface area contributed by atoms with E-state index in [9.17, 15) is 15.3 Å². The SMILES string of the molecule is OCC(CO)(CO)[NH2+]Cc1cccc2ccccc12. The minimum atomic E-state index is -0.920. The average Bonchev–Trinajstić information content (AvgIpc) is 2.49. The molecular weight excluding hydrogens is 242 g/mol. The number of fused-ring (bicyclic) bond motifs is 1. The Morgan fingerprint density at radius 1 is 0.842 bits per heavy atom. The zero-order chi connectivity index (χ0) is 13.7. The minimum absolute atomic E-state index is 0.259. The van der Waals surface area contributed by atoms with Crippen LogP contribution in [0, 0.1) is 0 Å². The number of hydrogen-bond donors (Lipinski definition) is 4. The quantitative estimate of drug-likeness (QED) is 0.573. The number of nitrogens with two attached hydrogens (primary N) is 1. The molecule has 0 fully saturated rings. The lowest BCUT2D eigenvalue weighted by Crippen LogP contribution is -2.99. The summed E-state index contributed by atoms with van der Waals surface area (Å²) in [5, 5.41) is 32.1. The van der Waals surface area contributed by atoms with Crippen LogP contribution in [0.5, 0.6) is 0 Å². The van der Waals surface area contributed by atoms with Gasteiger partial charge in [-0.3, -0.25) is 0 Å². The van der Waals surface area contributed by atoms with Crippen molar-refractivity contribution in [1.82, 2.24) is 0 Å². The van der Waals surface area contributed by atoms with E-state index in [1.165, 1.54) is 0 Å².